The summed E-state index contributed by atoms with van der Waals surface area (Å²) in [7, 11) is 0. The van der Waals surface area contributed by atoms with Crippen molar-refractivity contribution in [1.82, 2.24) is 0 Å². The van der Waals surface area contributed by atoms with Gasteiger partial charge in [0.1, 0.15) is 0 Å². The Bertz CT molecular complexity index is 421. The number of anilines is 1. The molecule has 0 aliphatic heterocycles. The molecule has 1 N–H and O–H groups in total. The van der Waals surface area contributed by atoms with E-state index in [4.69, 9.17) is 5.26 Å². The van der Waals surface area contributed by atoms with Crippen molar-refractivity contribution in [3.63, 3.8) is 0 Å². The average Bonchev–Trinajstić information content (AvgIpc) is 2.18. The van der Waals surface area contributed by atoms with Crippen LogP contribution in [0.15, 0.2) is 24.3 Å². The Balaban J connectivity index is 2.58. The third-order valence-corrected chi connectivity index (χ3v) is 2.21. The molecule has 1 aromatic carbocycles. The number of nitriles is 1. The number of hydrogen-bond donors (Lipinski definition) is 1. The molecule has 90 valence electrons. The number of carbonyl (C=O) groups is 1. The van der Waals surface area contributed by atoms with E-state index in [0.717, 1.165) is 11.3 Å². The molecule has 0 fully saturated rings. The molecule has 0 spiro atoms. The minimum absolute atomic E-state index is 0.00909. The molecule has 0 aliphatic carbocycles. The molecule has 1 aromatic rings. The third-order valence-electron chi connectivity index (χ3n) is 2.21. The van der Waals surface area contributed by atoms with Crippen LogP contribution in [0.1, 0.15) is 32.8 Å². The third kappa shape index (κ3) is 5.17. The number of nitrogens with one attached hydrogen (secondary N) is 1. The van der Waals surface area contributed by atoms with Crippen LogP contribution in [0.4, 0.5) is 5.69 Å². The van der Waals surface area contributed by atoms with Crippen LogP contribution < -0.4 is 5.32 Å². The first-order valence-corrected chi connectivity index (χ1v) is 5.66. The summed E-state index contributed by atoms with van der Waals surface area (Å²) in [6.45, 7) is 6.09. The SMILES string of the molecule is CC(C)(C)CC(=O)Nc1ccc(CC#N)cc1. The zero-order valence-corrected chi connectivity index (χ0v) is 10.6. The van der Waals surface area contributed by atoms with Gasteiger partial charge in [-0.2, -0.15) is 5.26 Å². The normalized spacial score (nSPS) is 10.7. The predicted octanol–water partition coefficient (Wildman–Crippen LogP) is 3.13. The highest BCUT2D eigenvalue weighted by Gasteiger charge is 2.15. The van der Waals surface area contributed by atoms with E-state index in [1.54, 1.807) is 0 Å². The van der Waals surface area contributed by atoms with Crippen LogP contribution in [-0.4, -0.2) is 5.91 Å². The molecule has 0 heterocycles. The molecule has 3 heteroatoms. The van der Waals surface area contributed by atoms with Gasteiger partial charge in [0.05, 0.1) is 12.5 Å². The minimum atomic E-state index is -0.00909. The number of amides is 1. The fraction of sp³-hybridized carbons (Fsp3) is 0.429. The Kier molecular flexibility index (Phi) is 4.28. The van der Waals surface area contributed by atoms with E-state index in [1.807, 2.05) is 45.0 Å². The van der Waals surface area contributed by atoms with Crippen LogP contribution in [0, 0.1) is 16.7 Å². The molecule has 0 aliphatic rings. The fourth-order valence-corrected chi connectivity index (χ4v) is 1.48. The van der Waals surface area contributed by atoms with Crippen LogP contribution in [0.3, 0.4) is 0 Å². The van der Waals surface area contributed by atoms with Gasteiger partial charge < -0.3 is 5.32 Å². The van der Waals surface area contributed by atoms with E-state index in [1.165, 1.54) is 0 Å². The van der Waals surface area contributed by atoms with Gasteiger partial charge in [0.2, 0.25) is 5.91 Å². The maximum absolute atomic E-state index is 11.7. The standard InChI is InChI=1S/C14H18N2O/c1-14(2,3)10-13(17)16-12-6-4-11(5-7-12)8-9-15/h4-7H,8,10H2,1-3H3,(H,16,17). The second-order valence-corrected chi connectivity index (χ2v) is 5.32. The first-order valence-electron chi connectivity index (χ1n) is 5.66. The highest BCUT2D eigenvalue weighted by Crippen LogP contribution is 2.19. The molecule has 0 atom stereocenters. The topological polar surface area (TPSA) is 52.9 Å². The number of benzene rings is 1. The van der Waals surface area contributed by atoms with E-state index >= 15 is 0 Å². The van der Waals surface area contributed by atoms with E-state index < -0.39 is 0 Å². The molecule has 0 radical (unpaired) electrons. The van der Waals surface area contributed by atoms with Gasteiger partial charge in [-0.05, 0) is 23.1 Å². The highest BCUT2D eigenvalue weighted by molar-refractivity contribution is 5.91. The summed E-state index contributed by atoms with van der Waals surface area (Å²) in [4.78, 5) is 11.7. The van der Waals surface area contributed by atoms with Crippen molar-refractivity contribution < 1.29 is 4.79 Å². The Morgan fingerprint density at radius 1 is 1.29 bits per heavy atom. The lowest BCUT2D eigenvalue weighted by atomic mass is 9.92. The van der Waals surface area contributed by atoms with Crippen molar-refractivity contribution in [2.75, 3.05) is 5.32 Å². The number of rotatable bonds is 3. The average molecular weight is 230 g/mol. The molecule has 0 saturated heterocycles. The van der Waals surface area contributed by atoms with Crippen molar-refractivity contribution in [3.05, 3.63) is 29.8 Å². The first kappa shape index (κ1) is 13.2. The van der Waals surface area contributed by atoms with Gasteiger partial charge in [-0.25, -0.2) is 0 Å². The van der Waals surface area contributed by atoms with Crippen molar-refractivity contribution in [3.8, 4) is 6.07 Å². The molecule has 1 rings (SSSR count). The minimum Gasteiger partial charge on any atom is -0.326 e. The summed E-state index contributed by atoms with van der Waals surface area (Å²) in [6, 6.07) is 9.46. The molecule has 3 nitrogen and oxygen atoms in total. The summed E-state index contributed by atoms with van der Waals surface area (Å²) < 4.78 is 0. The van der Waals surface area contributed by atoms with Gasteiger partial charge in [-0.15, -0.1) is 0 Å². The molecular weight excluding hydrogens is 212 g/mol. The lowest BCUT2D eigenvalue weighted by molar-refractivity contribution is -0.117. The molecule has 0 aromatic heterocycles. The van der Waals surface area contributed by atoms with Gasteiger partial charge in [-0.1, -0.05) is 32.9 Å². The Morgan fingerprint density at radius 3 is 2.35 bits per heavy atom. The lowest BCUT2D eigenvalue weighted by Crippen LogP contribution is -2.19. The molecule has 0 saturated carbocycles. The monoisotopic (exact) mass is 230 g/mol. The van der Waals surface area contributed by atoms with Crippen molar-refractivity contribution in [2.45, 2.75) is 33.6 Å². The smallest absolute Gasteiger partial charge is 0.224 e. The second kappa shape index (κ2) is 5.49. The van der Waals surface area contributed by atoms with Gasteiger partial charge in [0.25, 0.3) is 0 Å². The Hall–Kier alpha value is -1.82. The summed E-state index contributed by atoms with van der Waals surface area (Å²) >= 11 is 0. The van der Waals surface area contributed by atoms with E-state index in [9.17, 15) is 4.79 Å². The quantitative estimate of drug-likeness (QED) is 0.867. The largest absolute Gasteiger partial charge is 0.326 e. The van der Waals surface area contributed by atoms with Gasteiger partial charge in [0.15, 0.2) is 0 Å². The van der Waals surface area contributed by atoms with Crippen LogP contribution in [0.25, 0.3) is 0 Å². The van der Waals surface area contributed by atoms with E-state index in [2.05, 4.69) is 11.4 Å². The van der Waals surface area contributed by atoms with Crippen LogP contribution >= 0.6 is 0 Å². The molecule has 0 bridgehead atoms. The predicted molar refractivity (Wildman–Crippen MR) is 68.5 cm³/mol. The summed E-state index contributed by atoms with van der Waals surface area (Å²) in [5, 5.41) is 11.4. The van der Waals surface area contributed by atoms with Crippen molar-refractivity contribution >= 4 is 11.6 Å². The van der Waals surface area contributed by atoms with Crippen LogP contribution in [-0.2, 0) is 11.2 Å². The fourth-order valence-electron chi connectivity index (χ4n) is 1.48. The molecular formula is C14H18N2O. The van der Waals surface area contributed by atoms with E-state index in [-0.39, 0.29) is 11.3 Å². The van der Waals surface area contributed by atoms with Crippen LogP contribution in [0.5, 0.6) is 0 Å². The maximum atomic E-state index is 11.7. The highest BCUT2D eigenvalue weighted by atomic mass is 16.1. The molecule has 17 heavy (non-hydrogen) atoms. The summed E-state index contributed by atoms with van der Waals surface area (Å²) in [5.41, 5.74) is 1.73. The number of nitrogens with zero attached hydrogens (tertiary/aromatic N) is 1. The van der Waals surface area contributed by atoms with E-state index in [0.29, 0.717) is 12.8 Å². The molecule has 1 amide bonds. The van der Waals surface area contributed by atoms with Gasteiger partial charge in [-0.3, -0.25) is 4.79 Å². The number of carbonyl (C=O) groups excluding carboxylic acids is 1. The summed E-state index contributed by atoms with van der Waals surface area (Å²) in [6.07, 6.45) is 0.892. The number of hydrogen-bond acceptors (Lipinski definition) is 2. The lowest BCUT2D eigenvalue weighted by Gasteiger charge is -2.17. The Morgan fingerprint density at radius 2 is 1.88 bits per heavy atom. The van der Waals surface area contributed by atoms with Gasteiger partial charge in [0, 0.05) is 12.1 Å². The van der Waals surface area contributed by atoms with Crippen molar-refractivity contribution in [2.24, 2.45) is 5.41 Å². The Labute approximate surface area is 102 Å². The molecule has 0 unspecified atom stereocenters. The van der Waals surface area contributed by atoms with Crippen LogP contribution in [0.2, 0.25) is 0 Å². The second-order valence-electron chi connectivity index (χ2n) is 5.32. The van der Waals surface area contributed by atoms with Crippen molar-refractivity contribution in [1.29, 1.82) is 5.26 Å². The van der Waals surface area contributed by atoms with Gasteiger partial charge >= 0.3 is 0 Å². The zero-order valence-electron chi connectivity index (χ0n) is 10.6. The summed E-state index contributed by atoms with van der Waals surface area (Å²) in [5.74, 6) is 0.0190. The maximum Gasteiger partial charge on any atom is 0.224 e. The zero-order chi connectivity index (χ0) is 12.9. The first-order chi connectivity index (χ1) is 7.90.